The number of aromatic nitrogens is 2. The first-order valence-corrected chi connectivity index (χ1v) is 9.12. The smallest absolute Gasteiger partial charge is 0.293 e. The number of halogens is 3. The van der Waals surface area contributed by atoms with Gasteiger partial charge in [0.1, 0.15) is 5.82 Å². The van der Waals surface area contributed by atoms with Crippen molar-refractivity contribution in [1.82, 2.24) is 15.3 Å². The van der Waals surface area contributed by atoms with E-state index in [1.807, 2.05) is 6.92 Å². The first-order chi connectivity index (χ1) is 11.3. The van der Waals surface area contributed by atoms with Crippen LogP contribution in [0.4, 0.5) is 8.78 Å². The van der Waals surface area contributed by atoms with Gasteiger partial charge in [-0.3, -0.25) is 4.79 Å². The molecule has 9 heteroatoms. The average molecular weight is 432 g/mol. The molecule has 0 spiro atoms. The number of fused-ring (bicyclic) bond motifs is 1. The van der Waals surface area contributed by atoms with Gasteiger partial charge < -0.3 is 10.3 Å². The minimum Gasteiger partial charge on any atom is -0.345 e. The van der Waals surface area contributed by atoms with E-state index in [-0.39, 0.29) is 17.3 Å². The summed E-state index contributed by atoms with van der Waals surface area (Å²) in [5.74, 6) is 0.367. The highest BCUT2D eigenvalue weighted by Gasteiger charge is 2.31. The van der Waals surface area contributed by atoms with Crippen LogP contribution in [0.1, 0.15) is 26.8 Å². The standard InChI is InChI=1S/C15H13BrF2N3OPS/c1-7-5-19-11(21-7)6-20-14(22)8-2-3-10-9(4-8)12(16)13(24-10)15(17,18)23/h2-5H,6,23H2,1H3,(H,19,21)(H,20,22). The number of rotatable bonds is 4. The molecule has 126 valence electrons. The summed E-state index contributed by atoms with van der Waals surface area (Å²) in [5.41, 5.74) is -1.70. The molecule has 1 unspecified atom stereocenters. The van der Waals surface area contributed by atoms with Crippen LogP contribution in [0.5, 0.6) is 0 Å². The molecule has 0 radical (unpaired) electrons. The van der Waals surface area contributed by atoms with E-state index < -0.39 is 5.66 Å². The number of thiophene rings is 1. The Balaban J connectivity index is 1.84. The van der Waals surface area contributed by atoms with Crippen LogP contribution in [0.15, 0.2) is 28.9 Å². The van der Waals surface area contributed by atoms with Crippen LogP contribution < -0.4 is 5.32 Å². The van der Waals surface area contributed by atoms with Gasteiger partial charge in [0.05, 0.1) is 11.4 Å². The van der Waals surface area contributed by atoms with Gasteiger partial charge in [-0.15, -0.1) is 11.3 Å². The van der Waals surface area contributed by atoms with Crippen molar-refractivity contribution in [2.45, 2.75) is 19.1 Å². The van der Waals surface area contributed by atoms with Gasteiger partial charge in [0.15, 0.2) is 0 Å². The number of amides is 1. The quantitative estimate of drug-likeness (QED) is 0.595. The molecule has 0 aliphatic heterocycles. The van der Waals surface area contributed by atoms with E-state index in [0.29, 0.717) is 25.9 Å². The summed E-state index contributed by atoms with van der Waals surface area (Å²) in [6.45, 7) is 2.14. The van der Waals surface area contributed by atoms with Crippen LogP contribution in [0, 0.1) is 6.92 Å². The SMILES string of the molecule is Cc1cnc(CNC(=O)c2ccc3sc(C(F)(F)P)c(Br)c3c2)[nH]1. The molecule has 1 aromatic carbocycles. The number of aromatic amines is 1. The molecule has 24 heavy (non-hydrogen) atoms. The van der Waals surface area contributed by atoms with Gasteiger partial charge >= 0.3 is 0 Å². The van der Waals surface area contributed by atoms with E-state index in [2.05, 4.69) is 31.2 Å². The first kappa shape index (κ1) is 17.5. The highest BCUT2D eigenvalue weighted by molar-refractivity contribution is 9.10. The normalized spacial score (nSPS) is 11.9. The fourth-order valence-corrected chi connectivity index (χ4v) is 4.71. The average Bonchev–Trinajstić information content (AvgIpc) is 3.08. The third-order valence-corrected chi connectivity index (χ3v) is 6.20. The lowest BCUT2D eigenvalue weighted by molar-refractivity contribution is 0.0950. The number of hydrogen-bond acceptors (Lipinski definition) is 3. The lowest BCUT2D eigenvalue weighted by atomic mass is 10.1. The summed E-state index contributed by atoms with van der Waals surface area (Å²) in [6.07, 6.45) is 1.68. The Hall–Kier alpha value is -1.37. The molecule has 4 nitrogen and oxygen atoms in total. The number of nitrogens with zero attached hydrogens (tertiary/aromatic N) is 1. The molecule has 0 fully saturated rings. The molecule has 2 aromatic heterocycles. The summed E-state index contributed by atoms with van der Waals surface area (Å²) in [5, 5.41) is 3.35. The van der Waals surface area contributed by atoms with Gasteiger partial charge in [0.2, 0.25) is 0 Å². The highest BCUT2D eigenvalue weighted by atomic mass is 79.9. The van der Waals surface area contributed by atoms with Crippen LogP contribution >= 0.6 is 36.5 Å². The second kappa shape index (κ2) is 6.50. The third kappa shape index (κ3) is 3.50. The van der Waals surface area contributed by atoms with Crippen molar-refractivity contribution in [2.75, 3.05) is 0 Å². The van der Waals surface area contributed by atoms with E-state index in [9.17, 15) is 13.6 Å². The maximum atomic E-state index is 13.6. The number of alkyl halides is 2. The van der Waals surface area contributed by atoms with Gasteiger partial charge in [0, 0.05) is 32.0 Å². The van der Waals surface area contributed by atoms with Gasteiger partial charge in [-0.2, -0.15) is 8.78 Å². The number of aryl methyl sites for hydroxylation is 1. The van der Waals surface area contributed by atoms with Crippen molar-refractivity contribution >= 4 is 52.5 Å². The van der Waals surface area contributed by atoms with Gasteiger partial charge in [-0.25, -0.2) is 4.98 Å². The second-order valence-corrected chi connectivity index (χ2v) is 7.84. The molecule has 0 aliphatic rings. The molecule has 0 aliphatic carbocycles. The molecule has 2 N–H and O–H groups in total. The lowest BCUT2D eigenvalue weighted by Crippen LogP contribution is -2.23. The number of hydrogen-bond donors (Lipinski definition) is 2. The van der Waals surface area contributed by atoms with Crippen molar-refractivity contribution in [3.8, 4) is 0 Å². The number of carbonyl (C=O) groups excluding carboxylic acids is 1. The molecule has 3 aromatic rings. The third-order valence-electron chi connectivity index (χ3n) is 3.36. The maximum absolute atomic E-state index is 13.6. The number of benzene rings is 1. The van der Waals surface area contributed by atoms with Crippen LogP contribution in [0.3, 0.4) is 0 Å². The summed E-state index contributed by atoms with van der Waals surface area (Å²) in [6, 6.07) is 4.91. The van der Waals surface area contributed by atoms with Crippen LogP contribution in [-0.4, -0.2) is 15.9 Å². The molecule has 0 bridgehead atoms. The predicted molar refractivity (Wildman–Crippen MR) is 97.6 cm³/mol. The Morgan fingerprint density at radius 3 is 2.88 bits per heavy atom. The highest BCUT2D eigenvalue weighted by Crippen LogP contribution is 2.47. The van der Waals surface area contributed by atoms with E-state index in [4.69, 9.17) is 0 Å². The number of H-pyrrole nitrogens is 1. The zero-order chi connectivity index (χ0) is 17.5. The Morgan fingerprint density at radius 2 is 2.25 bits per heavy atom. The zero-order valence-corrected chi connectivity index (χ0v) is 16.0. The molecule has 0 saturated carbocycles. The Labute approximate surface area is 151 Å². The second-order valence-electron chi connectivity index (χ2n) is 5.27. The molecule has 2 heterocycles. The molecular weight excluding hydrogens is 419 g/mol. The minimum atomic E-state index is -3.01. The Morgan fingerprint density at radius 1 is 1.50 bits per heavy atom. The van der Waals surface area contributed by atoms with Crippen LogP contribution in [-0.2, 0) is 12.2 Å². The lowest BCUT2D eigenvalue weighted by Gasteiger charge is -2.07. The fourth-order valence-electron chi connectivity index (χ4n) is 2.25. The van der Waals surface area contributed by atoms with Crippen molar-refractivity contribution < 1.29 is 13.6 Å². The van der Waals surface area contributed by atoms with Crippen LogP contribution in [0.25, 0.3) is 10.1 Å². The van der Waals surface area contributed by atoms with E-state index in [0.717, 1.165) is 17.0 Å². The fraction of sp³-hybridized carbons (Fsp3) is 0.200. The minimum absolute atomic E-state index is 0.0777. The predicted octanol–water partition coefficient (Wildman–Crippen LogP) is 4.55. The Kier molecular flexibility index (Phi) is 4.73. The topological polar surface area (TPSA) is 57.8 Å². The summed E-state index contributed by atoms with van der Waals surface area (Å²) in [4.78, 5) is 19.3. The molecule has 3 rings (SSSR count). The maximum Gasteiger partial charge on any atom is 0.293 e. The molecule has 0 saturated heterocycles. The van der Waals surface area contributed by atoms with Crippen molar-refractivity contribution in [3.63, 3.8) is 0 Å². The van der Waals surface area contributed by atoms with E-state index in [1.165, 1.54) is 9.24 Å². The van der Waals surface area contributed by atoms with Gasteiger partial charge in [0.25, 0.3) is 11.6 Å². The largest absolute Gasteiger partial charge is 0.345 e. The number of nitrogens with one attached hydrogen (secondary N) is 2. The van der Waals surface area contributed by atoms with Crippen LogP contribution in [0.2, 0.25) is 0 Å². The van der Waals surface area contributed by atoms with E-state index >= 15 is 0 Å². The van der Waals surface area contributed by atoms with Gasteiger partial charge in [-0.1, -0.05) is 9.24 Å². The monoisotopic (exact) mass is 431 g/mol. The summed E-state index contributed by atoms with van der Waals surface area (Å²) < 4.78 is 28.2. The van der Waals surface area contributed by atoms with E-state index in [1.54, 1.807) is 24.4 Å². The van der Waals surface area contributed by atoms with Crippen molar-refractivity contribution in [2.24, 2.45) is 0 Å². The molecule has 1 atom stereocenters. The summed E-state index contributed by atoms with van der Waals surface area (Å²) >= 11 is 4.22. The first-order valence-electron chi connectivity index (χ1n) is 6.93. The van der Waals surface area contributed by atoms with Crippen molar-refractivity contribution in [3.05, 3.63) is 50.8 Å². The molecular formula is C15H13BrF2N3OPS. The number of imidazole rings is 1. The zero-order valence-electron chi connectivity index (χ0n) is 12.5. The summed E-state index contributed by atoms with van der Waals surface area (Å²) in [7, 11) is 1.53. The Bertz CT molecular complexity index is 919. The number of carbonyl (C=O) groups is 1. The molecule has 1 amide bonds. The van der Waals surface area contributed by atoms with Crippen molar-refractivity contribution in [1.29, 1.82) is 0 Å². The van der Waals surface area contributed by atoms with Gasteiger partial charge in [-0.05, 0) is 41.1 Å².